The molecular formula is C12H25NO. The molecule has 0 saturated heterocycles. The molecule has 0 aromatic rings. The Bertz CT molecular complexity index is 158. The van der Waals surface area contributed by atoms with Crippen LogP contribution in [-0.4, -0.2) is 24.3 Å². The lowest BCUT2D eigenvalue weighted by atomic mass is 9.96. The third-order valence-corrected chi connectivity index (χ3v) is 3.75. The molecule has 84 valence electrons. The molecule has 1 fully saturated rings. The molecule has 0 bridgehead atoms. The summed E-state index contributed by atoms with van der Waals surface area (Å²) in [5, 5.41) is 12.8. The molecule has 0 amide bonds. The van der Waals surface area contributed by atoms with E-state index >= 15 is 0 Å². The zero-order chi connectivity index (χ0) is 10.6. The van der Waals surface area contributed by atoms with E-state index in [4.69, 9.17) is 0 Å². The summed E-state index contributed by atoms with van der Waals surface area (Å²) in [6.07, 6.45) is 3.82. The molecule has 2 nitrogen and oxygen atoms in total. The fraction of sp³-hybridized carbons (Fsp3) is 1.00. The summed E-state index contributed by atoms with van der Waals surface area (Å²) < 4.78 is 0. The van der Waals surface area contributed by atoms with E-state index < -0.39 is 0 Å². The van der Waals surface area contributed by atoms with Crippen LogP contribution in [0.5, 0.6) is 0 Å². The van der Waals surface area contributed by atoms with Crippen LogP contribution in [0.3, 0.4) is 0 Å². The van der Waals surface area contributed by atoms with Crippen molar-refractivity contribution in [2.24, 2.45) is 17.8 Å². The number of hydrogen-bond acceptors (Lipinski definition) is 2. The van der Waals surface area contributed by atoms with Gasteiger partial charge in [-0.15, -0.1) is 0 Å². The Kier molecular flexibility index (Phi) is 4.90. The van der Waals surface area contributed by atoms with Crippen molar-refractivity contribution in [2.75, 3.05) is 13.2 Å². The van der Waals surface area contributed by atoms with E-state index in [9.17, 15) is 5.11 Å². The number of hydrogen-bond donors (Lipinski definition) is 2. The van der Waals surface area contributed by atoms with Gasteiger partial charge in [0, 0.05) is 12.6 Å². The molecular weight excluding hydrogens is 174 g/mol. The van der Waals surface area contributed by atoms with Gasteiger partial charge in [-0.1, -0.05) is 20.3 Å². The van der Waals surface area contributed by atoms with Crippen molar-refractivity contribution < 1.29 is 5.11 Å². The second-order valence-corrected chi connectivity index (χ2v) is 5.07. The standard InChI is InChI=1S/C12H25NO/c1-9(2)10(3)13-7-11-5-4-6-12(11)8-14/h9-14H,4-8H2,1-3H3. The molecule has 3 unspecified atom stereocenters. The van der Waals surface area contributed by atoms with E-state index in [1.165, 1.54) is 19.3 Å². The van der Waals surface area contributed by atoms with E-state index in [0.29, 0.717) is 30.4 Å². The highest BCUT2D eigenvalue weighted by atomic mass is 16.3. The lowest BCUT2D eigenvalue weighted by molar-refractivity contribution is 0.189. The molecule has 0 radical (unpaired) electrons. The van der Waals surface area contributed by atoms with Crippen molar-refractivity contribution in [3.8, 4) is 0 Å². The largest absolute Gasteiger partial charge is 0.396 e. The summed E-state index contributed by atoms with van der Waals surface area (Å²) in [6, 6.07) is 0.593. The van der Waals surface area contributed by atoms with Gasteiger partial charge in [0.1, 0.15) is 0 Å². The first-order valence-electron chi connectivity index (χ1n) is 5.99. The Morgan fingerprint density at radius 3 is 2.43 bits per heavy atom. The molecule has 1 aliphatic carbocycles. The van der Waals surface area contributed by atoms with E-state index in [2.05, 4.69) is 26.1 Å². The van der Waals surface area contributed by atoms with Crippen molar-refractivity contribution in [2.45, 2.75) is 46.1 Å². The highest BCUT2D eigenvalue weighted by Gasteiger charge is 2.26. The minimum Gasteiger partial charge on any atom is -0.396 e. The van der Waals surface area contributed by atoms with Crippen LogP contribution in [0.2, 0.25) is 0 Å². The summed E-state index contributed by atoms with van der Waals surface area (Å²) in [6.45, 7) is 8.20. The molecule has 0 spiro atoms. The Balaban J connectivity index is 2.23. The third kappa shape index (κ3) is 3.25. The van der Waals surface area contributed by atoms with Crippen molar-refractivity contribution in [1.82, 2.24) is 5.32 Å². The average molecular weight is 199 g/mol. The fourth-order valence-corrected chi connectivity index (χ4v) is 2.20. The quantitative estimate of drug-likeness (QED) is 0.710. The molecule has 1 aliphatic rings. The fourth-order valence-electron chi connectivity index (χ4n) is 2.20. The summed E-state index contributed by atoms with van der Waals surface area (Å²) >= 11 is 0. The van der Waals surface area contributed by atoms with Crippen LogP contribution < -0.4 is 5.32 Å². The summed E-state index contributed by atoms with van der Waals surface area (Å²) in [7, 11) is 0. The van der Waals surface area contributed by atoms with Gasteiger partial charge in [-0.3, -0.25) is 0 Å². The highest BCUT2D eigenvalue weighted by Crippen LogP contribution is 2.30. The molecule has 0 heterocycles. The summed E-state index contributed by atoms with van der Waals surface area (Å²) in [4.78, 5) is 0. The molecule has 1 saturated carbocycles. The van der Waals surface area contributed by atoms with Gasteiger partial charge < -0.3 is 10.4 Å². The third-order valence-electron chi connectivity index (χ3n) is 3.75. The van der Waals surface area contributed by atoms with Crippen molar-refractivity contribution in [1.29, 1.82) is 0 Å². The predicted octanol–water partition coefficient (Wildman–Crippen LogP) is 2.03. The van der Waals surface area contributed by atoms with Gasteiger partial charge in [0.2, 0.25) is 0 Å². The van der Waals surface area contributed by atoms with Gasteiger partial charge in [0.15, 0.2) is 0 Å². The summed E-state index contributed by atoms with van der Waals surface area (Å²) in [5.74, 6) is 1.96. The van der Waals surface area contributed by atoms with Crippen LogP contribution in [0.4, 0.5) is 0 Å². The van der Waals surface area contributed by atoms with Gasteiger partial charge in [0.25, 0.3) is 0 Å². The summed E-state index contributed by atoms with van der Waals surface area (Å²) in [5.41, 5.74) is 0. The zero-order valence-electron chi connectivity index (χ0n) is 9.79. The Hall–Kier alpha value is -0.0800. The maximum absolute atomic E-state index is 9.18. The lowest BCUT2D eigenvalue weighted by Crippen LogP contribution is -2.36. The normalized spacial score (nSPS) is 29.8. The van der Waals surface area contributed by atoms with Gasteiger partial charge >= 0.3 is 0 Å². The van der Waals surface area contributed by atoms with E-state index in [1.807, 2.05) is 0 Å². The Labute approximate surface area is 88.1 Å². The number of nitrogens with one attached hydrogen (secondary N) is 1. The molecule has 0 aromatic carbocycles. The SMILES string of the molecule is CC(C)C(C)NCC1CCCC1CO. The lowest BCUT2D eigenvalue weighted by Gasteiger charge is -2.23. The smallest absolute Gasteiger partial charge is 0.0462 e. The predicted molar refractivity (Wildman–Crippen MR) is 60.2 cm³/mol. The van der Waals surface area contributed by atoms with Gasteiger partial charge in [0.05, 0.1) is 0 Å². The topological polar surface area (TPSA) is 32.3 Å². The molecule has 1 rings (SSSR count). The van der Waals surface area contributed by atoms with Crippen LogP contribution in [-0.2, 0) is 0 Å². The molecule has 2 N–H and O–H groups in total. The van der Waals surface area contributed by atoms with Crippen molar-refractivity contribution in [3.63, 3.8) is 0 Å². The maximum atomic E-state index is 9.18. The number of aliphatic hydroxyl groups is 1. The Morgan fingerprint density at radius 2 is 1.86 bits per heavy atom. The molecule has 0 aliphatic heterocycles. The number of aliphatic hydroxyl groups excluding tert-OH is 1. The van der Waals surface area contributed by atoms with Crippen molar-refractivity contribution in [3.05, 3.63) is 0 Å². The van der Waals surface area contributed by atoms with E-state index in [-0.39, 0.29) is 0 Å². The zero-order valence-corrected chi connectivity index (χ0v) is 9.79. The molecule has 2 heteroatoms. The van der Waals surface area contributed by atoms with Crippen LogP contribution in [0.1, 0.15) is 40.0 Å². The van der Waals surface area contributed by atoms with Crippen LogP contribution in [0.15, 0.2) is 0 Å². The maximum Gasteiger partial charge on any atom is 0.0462 e. The second-order valence-electron chi connectivity index (χ2n) is 5.07. The Morgan fingerprint density at radius 1 is 1.21 bits per heavy atom. The first-order chi connectivity index (χ1) is 6.65. The average Bonchev–Trinajstić information content (AvgIpc) is 2.60. The van der Waals surface area contributed by atoms with E-state index in [1.54, 1.807) is 0 Å². The first kappa shape index (κ1) is 12.0. The van der Waals surface area contributed by atoms with Gasteiger partial charge in [-0.05, 0) is 44.1 Å². The number of rotatable bonds is 5. The second kappa shape index (κ2) is 5.72. The minimum atomic E-state index is 0.377. The van der Waals surface area contributed by atoms with Gasteiger partial charge in [-0.2, -0.15) is 0 Å². The molecule has 0 aromatic heterocycles. The molecule has 3 atom stereocenters. The van der Waals surface area contributed by atoms with Crippen molar-refractivity contribution >= 4 is 0 Å². The highest BCUT2D eigenvalue weighted by molar-refractivity contribution is 4.79. The molecule has 14 heavy (non-hydrogen) atoms. The minimum absolute atomic E-state index is 0.377. The monoisotopic (exact) mass is 199 g/mol. The first-order valence-corrected chi connectivity index (χ1v) is 5.99. The van der Waals surface area contributed by atoms with Gasteiger partial charge in [-0.25, -0.2) is 0 Å². The van der Waals surface area contributed by atoms with E-state index in [0.717, 1.165) is 6.54 Å². The van der Waals surface area contributed by atoms with Crippen LogP contribution in [0.25, 0.3) is 0 Å². The van der Waals surface area contributed by atoms with Crippen LogP contribution >= 0.6 is 0 Å². The van der Waals surface area contributed by atoms with Crippen LogP contribution in [0, 0.1) is 17.8 Å².